The molecule has 2 heterocycles. The molecule has 0 unspecified atom stereocenters. The number of furan rings is 1. The van der Waals surface area contributed by atoms with Crippen LogP contribution in [-0.4, -0.2) is 4.98 Å². The summed E-state index contributed by atoms with van der Waals surface area (Å²) in [5, 5.41) is 10.5. The first-order valence-corrected chi connectivity index (χ1v) is 10.6. The van der Waals surface area contributed by atoms with E-state index in [1.165, 1.54) is 12.8 Å². The van der Waals surface area contributed by atoms with Crippen molar-refractivity contribution in [2.75, 3.05) is 5.73 Å². The van der Waals surface area contributed by atoms with E-state index >= 15 is 0 Å². The minimum Gasteiger partial charge on any atom is -0.486 e. The predicted molar refractivity (Wildman–Crippen MR) is 117 cm³/mol. The van der Waals surface area contributed by atoms with Crippen molar-refractivity contribution < 1.29 is 9.15 Å². The summed E-state index contributed by atoms with van der Waals surface area (Å²) in [6, 6.07) is 11.5. The number of nitrogens with two attached hydrogens (primary N) is 1. The topological polar surface area (TPSA) is 85.1 Å². The average Bonchev–Trinajstić information content (AvgIpc) is 3.18. The van der Waals surface area contributed by atoms with Gasteiger partial charge in [0.1, 0.15) is 41.3 Å². The monoisotopic (exact) mass is 421 g/mol. The Hall–Kier alpha value is -2.97. The molecule has 1 aromatic carbocycles. The summed E-state index contributed by atoms with van der Waals surface area (Å²) in [6.45, 7) is 2.22. The van der Waals surface area contributed by atoms with Gasteiger partial charge in [0.15, 0.2) is 0 Å². The minimum atomic E-state index is 0.276. The summed E-state index contributed by atoms with van der Waals surface area (Å²) in [6.07, 6.45) is 6.30. The van der Waals surface area contributed by atoms with Crippen molar-refractivity contribution in [1.29, 1.82) is 5.26 Å². The number of nitriles is 1. The van der Waals surface area contributed by atoms with Crippen molar-refractivity contribution in [3.05, 3.63) is 63.5 Å². The van der Waals surface area contributed by atoms with Gasteiger partial charge in [-0.05, 0) is 74.1 Å². The molecule has 1 aliphatic carbocycles. The molecule has 0 bridgehead atoms. The molecular weight excluding hydrogens is 398 g/mol. The van der Waals surface area contributed by atoms with Gasteiger partial charge in [-0.3, -0.25) is 0 Å². The highest BCUT2D eigenvalue weighted by Crippen LogP contribution is 2.36. The predicted octanol–water partition coefficient (Wildman–Crippen LogP) is 6.00. The van der Waals surface area contributed by atoms with Crippen LogP contribution in [0.25, 0.3) is 11.3 Å². The minimum absolute atomic E-state index is 0.276. The number of anilines is 1. The highest BCUT2D eigenvalue weighted by molar-refractivity contribution is 6.31. The van der Waals surface area contributed by atoms with Crippen LogP contribution in [0.15, 0.2) is 34.7 Å². The first-order valence-electron chi connectivity index (χ1n) is 10.3. The number of nitrogens with zero attached hydrogens (tertiary/aromatic N) is 2. The van der Waals surface area contributed by atoms with E-state index in [-0.39, 0.29) is 12.4 Å². The molecule has 5 nitrogen and oxygen atoms in total. The summed E-state index contributed by atoms with van der Waals surface area (Å²) in [7, 11) is 0. The number of hydrogen-bond donors (Lipinski definition) is 1. The highest BCUT2D eigenvalue weighted by atomic mass is 35.5. The Labute approximate surface area is 181 Å². The van der Waals surface area contributed by atoms with Crippen LogP contribution in [0, 0.1) is 18.3 Å². The third kappa shape index (κ3) is 4.15. The molecular formula is C24H24ClN3O2. The third-order valence-corrected chi connectivity index (χ3v) is 5.96. The Morgan fingerprint density at radius 1 is 1.17 bits per heavy atom. The van der Waals surface area contributed by atoms with Gasteiger partial charge in [-0.2, -0.15) is 5.26 Å². The quantitative estimate of drug-likeness (QED) is 0.558. The number of fused-ring (bicyclic) bond motifs is 1. The van der Waals surface area contributed by atoms with Crippen LogP contribution in [0.3, 0.4) is 0 Å². The second kappa shape index (κ2) is 8.81. The zero-order valence-corrected chi connectivity index (χ0v) is 17.8. The number of pyridine rings is 1. The molecule has 6 heteroatoms. The molecule has 0 aliphatic heterocycles. The first kappa shape index (κ1) is 20.3. The average molecular weight is 422 g/mol. The summed E-state index contributed by atoms with van der Waals surface area (Å²) in [5.74, 6) is 2.32. The van der Waals surface area contributed by atoms with Crippen LogP contribution in [0.4, 0.5) is 5.82 Å². The van der Waals surface area contributed by atoms with E-state index < -0.39 is 0 Å². The lowest BCUT2D eigenvalue weighted by Gasteiger charge is -2.18. The van der Waals surface area contributed by atoms with Crippen LogP contribution >= 0.6 is 11.6 Å². The van der Waals surface area contributed by atoms with E-state index in [9.17, 15) is 5.26 Å². The molecule has 154 valence electrons. The lowest BCUT2D eigenvalue weighted by atomic mass is 9.90. The normalized spacial score (nSPS) is 13.8. The molecule has 0 spiro atoms. The SMILES string of the molecule is Cc1cc(OCc2ccc(-c3c(C#N)c(N)nc4c3CCCCCC4)o2)ccc1Cl. The molecule has 2 N–H and O–H groups in total. The van der Waals surface area contributed by atoms with Gasteiger partial charge in [0.2, 0.25) is 0 Å². The molecule has 2 aromatic heterocycles. The molecule has 3 aromatic rings. The zero-order chi connectivity index (χ0) is 21.1. The van der Waals surface area contributed by atoms with Crippen molar-refractivity contribution >= 4 is 17.4 Å². The van der Waals surface area contributed by atoms with Gasteiger partial charge in [0.05, 0.1) is 0 Å². The Kier molecular flexibility index (Phi) is 5.96. The lowest BCUT2D eigenvalue weighted by Crippen LogP contribution is -2.09. The summed E-state index contributed by atoms with van der Waals surface area (Å²) < 4.78 is 11.9. The standard InChI is InChI=1S/C24H24ClN3O2/c1-15-12-16(8-10-20(15)25)29-14-17-9-11-22(30-17)23-18-6-4-2-3-5-7-21(18)28-24(27)19(23)13-26/h8-12H,2-7,14H2,1H3,(H2,27,28). The van der Waals surface area contributed by atoms with E-state index in [1.807, 2.05) is 37.3 Å². The van der Waals surface area contributed by atoms with E-state index in [4.69, 9.17) is 26.5 Å². The van der Waals surface area contributed by atoms with Gasteiger partial charge >= 0.3 is 0 Å². The second-order valence-corrected chi connectivity index (χ2v) is 8.07. The number of ether oxygens (including phenoxy) is 1. The molecule has 0 saturated heterocycles. The molecule has 0 saturated carbocycles. The summed E-state index contributed by atoms with van der Waals surface area (Å²) in [4.78, 5) is 4.55. The number of aryl methyl sites for hydroxylation is 2. The van der Waals surface area contributed by atoms with Gasteiger partial charge < -0.3 is 14.9 Å². The molecule has 4 rings (SSSR count). The van der Waals surface area contributed by atoms with Crippen LogP contribution in [-0.2, 0) is 19.4 Å². The number of rotatable bonds is 4. The van der Waals surface area contributed by atoms with E-state index in [0.717, 1.165) is 53.8 Å². The van der Waals surface area contributed by atoms with E-state index in [1.54, 1.807) is 0 Å². The smallest absolute Gasteiger partial charge is 0.146 e. The maximum absolute atomic E-state index is 9.75. The number of benzene rings is 1. The molecule has 0 amide bonds. The van der Waals surface area contributed by atoms with Crippen LogP contribution in [0.1, 0.15) is 53.8 Å². The van der Waals surface area contributed by atoms with Gasteiger partial charge in [-0.1, -0.05) is 24.4 Å². The second-order valence-electron chi connectivity index (χ2n) is 7.66. The van der Waals surface area contributed by atoms with E-state index in [2.05, 4.69) is 11.1 Å². The van der Waals surface area contributed by atoms with Crippen LogP contribution < -0.4 is 10.5 Å². The Balaban J connectivity index is 1.65. The molecule has 0 radical (unpaired) electrons. The van der Waals surface area contributed by atoms with Crippen LogP contribution in [0.5, 0.6) is 5.75 Å². The number of halogens is 1. The van der Waals surface area contributed by atoms with Crippen molar-refractivity contribution in [2.24, 2.45) is 0 Å². The van der Waals surface area contributed by atoms with E-state index in [0.29, 0.717) is 22.1 Å². The number of aromatic nitrogens is 1. The first-order chi connectivity index (χ1) is 14.6. The number of nitrogen functional groups attached to an aromatic ring is 1. The zero-order valence-electron chi connectivity index (χ0n) is 17.0. The molecule has 1 aliphatic rings. The van der Waals surface area contributed by atoms with Crippen molar-refractivity contribution in [2.45, 2.75) is 52.1 Å². The fourth-order valence-corrected chi connectivity index (χ4v) is 4.07. The van der Waals surface area contributed by atoms with Gasteiger partial charge in [-0.15, -0.1) is 0 Å². The fourth-order valence-electron chi connectivity index (χ4n) is 3.95. The summed E-state index contributed by atoms with van der Waals surface area (Å²) >= 11 is 6.07. The highest BCUT2D eigenvalue weighted by Gasteiger charge is 2.23. The Bertz CT molecular complexity index is 1110. The van der Waals surface area contributed by atoms with Gasteiger partial charge in [0, 0.05) is 16.3 Å². The van der Waals surface area contributed by atoms with Crippen LogP contribution in [0.2, 0.25) is 5.02 Å². The fraction of sp³-hybridized carbons (Fsp3) is 0.333. The Morgan fingerprint density at radius 2 is 1.97 bits per heavy atom. The molecule has 0 fully saturated rings. The van der Waals surface area contributed by atoms with Crippen molar-refractivity contribution in [3.63, 3.8) is 0 Å². The maximum atomic E-state index is 9.75. The third-order valence-electron chi connectivity index (χ3n) is 5.53. The number of hydrogen-bond acceptors (Lipinski definition) is 5. The molecule has 30 heavy (non-hydrogen) atoms. The van der Waals surface area contributed by atoms with Gasteiger partial charge in [-0.25, -0.2) is 4.98 Å². The molecule has 0 atom stereocenters. The largest absolute Gasteiger partial charge is 0.486 e. The van der Waals surface area contributed by atoms with Crippen molar-refractivity contribution in [3.8, 4) is 23.1 Å². The lowest BCUT2D eigenvalue weighted by molar-refractivity contribution is 0.272. The van der Waals surface area contributed by atoms with Crippen molar-refractivity contribution in [1.82, 2.24) is 4.98 Å². The maximum Gasteiger partial charge on any atom is 0.146 e. The Morgan fingerprint density at radius 3 is 2.73 bits per heavy atom. The summed E-state index contributed by atoms with van der Waals surface area (Å²) in [5.41, 5.74) is 10.4. The van der Waals surface area contributed by atoms with Gasteiger partial charge in [0.25, 0.3) is 0 Å².